The van der Waals surface area contributed by atoms with Crippen LogP contribution in [0.1, 0.15) is 15.9 Å². The van der Waals surface area contributed by atoms with Gasteiger partial charge in [-0.1, -0.05) is 12.1 Å². The van der Waals surface area contributed by atoms with Crippen LogP contribution in [0.5, 0.6) is 0 Å². The molecule has 2 amide bonds. The molecule has 2 aromatic rings. The Morgan fingerprint density at radius 1 is 1.04 bits per heavy atom. The summed E-state index contributed by atoms with van der Waals surface area (Å²) in [6, 6.07) is 9.46. The zero-order valence-electron chi connectivity index (χ0n) is 12.1. The smallest absolute Gasteiger partial charge is 0.254 e. The molecule has 0 aliphatic carbocycles. The number of rotatable bonds is 4. The standard InChI is InChI=1S/C16H10F3N3O2/c17-11-6-5-10(14(18)15(11)19)16(24)21-8-13(23)22-12-4-2-1-3-9(12)7-20/h1-6H,8H2,(H,21,24)(H,22,23). The third-order valence-corrected chi connectivity index (χ3v) is 3.01. The van der Waals surface area contributed by atoms with E-state index in [1.807, 2.05) is 6.07 Å². The van der Waals surface area contributed by atoms with E-state index in [2.05, 4.69) is 10.6 Å². The van der Waals surface area contributed by atoms with Crippen molar-refractivity contribution in [2.45, 2.75) is 0 Å². The van der Waals surface area contributed by atoms with Gasteiger partial charge in [-0.2, -0.15) is 5.26 Å². The van der Waals surface area contributed by atoms with E-state index in [4.69, 9.17) is 5.26 Å². The number of carbonyl (C=O) groups is 2. The molecular weight excluding hydrogens is 323 g/mol. The molecule has 122 valence electrons. The maximum absolute atomic E-state index is 13.5. The van der Waals surface area contributed by atoms with Crippen molar-refractivity contribution < 1.29 is 22.8 Å². The largest absolute Gasteiger partial charge is 0.343 e. The second-order valence-electron chi connectivity index (χ2n) is 4.61. The van der Waals surface area contributed by atoms with Crippen LogP contribution in [0.3, 0.4) is 0 Å². The molecule has 0 aromatic heterocycles. The second kappa shape index (κ2) is 7.28. The number of anilines is 1. The average molecular weight is 333 g/mol. The first-order chi connectivity index (χ1) is 11.4. The number of nitrogens with zero attached hydrogens (tertiary/aromatic N) is 1. The van der Waals surface area contributed by atoms with Crippen molar-refractivity contribution in [1.82, 2.24) is 5.32 Å². The number of para-hydroxylation sites is 1. The van der Waals surface area contributed by atoms with Gasteiger partial charge in [-0.05, 0) is 24.3 Å². The van der Waals surface area contributed by atoms with Crippen LogP contribution in [0.15, 0.2) is 36.4 Å². The minimum absolute atomic E-state index is 0.226. The van der Waals surface area contributed by atoms with Gasteiger partial charge in [-0.15, -0.1) is 0 Å². The molecule has 8 heteroatoms. The quantitative estimate of drug-likeness (QED) is 0.843. The molecule has 0 atom stereocenters. The van der Waals surface area contributed by atoms with Crippen molar-refractivity contribution >= 4 is 17.5 Å². The van der Waals surface area contributed by atoms with Crippen LogP contribution in [0.2, 0.25) is 0 Å². The summed E-state index contributed by atoms with van der Waals surface area (Å²) >= 11 is 0. The van der Waals surface area contributed by atoms with Gasteiger partial charge >= 0.3 is 0 Å². The Balaban J connectivity index is 2.01. The van der Waals surface area contributed by atoms with Crippen molar-refractivity contribution in [1.29, 1.82) is 5.26 Å². The predicted molar refractivity (Wildman–Crippen MR) is 78.4 cm³/mol. The minimum atomic E-state index is -1.77. The van der Waals surface area contributed by atoms with Gasteiger partial charge in [0.2, 0.25) is 5.91 Å². The van der Waals surface area contributed by atoms with Gasteiger partial charge in [-0.25, -0.2) is 13.2 Å². The SMILES string of the molecule is N#Cc1ccccc1NC(=O)CNC(=O)c1ccc(F)c(F)c1F. The third kappa shape index (κ3) is 3.70. The zero-order valence-corrected chi connectivity index (χ0v) is 12.1. The number of amides is 2. The summed E-state index contributed by atoms with van der Waals surface area (Å²) in [6.45, 7) is -0.545. The minimum Gasteiger partial charge on any atom is -0.343 e. The molecule has 0 aliphatic rings. The van der Waals surface area contributed by atoms with Gasteiger partial charge in [0.1, 0.15) is 6.07 Å². The van der Waals surface area contributed by atoms with Crippen LogP contribution >= 0.6 is 0 Å². The highest BCUT2D eigenvalue weighted by Gasteiger charge is 2.19. The summed E-state index contributed by atoms with van der Waals surface area (Å²) in [5.41, 5.74) is -0.249. The van der Waals surface area contributed by atoms with Crippen LogP contribution in [-0.4, -0.2) is 18.4 Å². The van der Waals surface area contributed by atoms with E-state index < -0.39 is 41.4 Å². The number of halogens is 3. The van der Waals surface area contributed by atoms with Gasteiger partial charge in [0.05, 0.1) is 23.4 Å². The van der Waals surface area contributed by atoms with Crippen molar-refractivity contribution in [2.75, 3.05) is 11.9 Å². The van der Waals surface area contributed by atoms with Crippen LogP contribution in [0.4, 0.5) is 18.9 Å². The van der Waals surface area contributed by atoms with E-state index in [9.17, 15) is 22.8 Å². The number of benzene rings is 2. The van der Waals surface area contributed by atoms with Gasteiger partial charge in [0.25, 0.3) is 5.91 Å². The predicted octanol–water partition coefficient (Wildman–Crippen LogP) is 2.34. The lowest BCUT2D eigenvalue weighted by molar-refractivity contribution is -0.115. The first-order valence-electron chi connectivity index (χ1n) is 6.64. The molecule has 0 aliphatic heterocycles. The van der Waals surface area contributed by atoms with Gasteiger partial charge in [0.15, 0.2) is 17.5 Å². The van der Waals surface area contributed by atoms with Crippen LogP contribution in [0.25, 0.3) is 0 Å². The molecule has 24 heavy (non-hydrogen) atoms. The summed E-state index contributed by atoms with van der Waals surface area (Å²) < 4.78 is 39.4. The Hall–Kier alpha value is -3.34. The summed E-state index contributed by atoms with van der Waals surface area (Å²) in [5, 5.41) is 13.4. The van der Waals surface area contributed by atoms with Gasteiger partial charge in [-0.3, -0.25) is 9.59 Å². The molecule has 0 heterocycles. The van der Waals surface area contributed by atoms with Crippen LogP contribution < -0.4 is 10.6 Å². The third-order valence-electron chi connectivity index (χ3n) is 3.01. The van der Waals surface area contributed by atoms with Gasteiger partial charge < -0.3 is 10.6 Å². The molecule has 2 N–H and O–H groups in total. The number of nitrogens with one attached hydrogen (secondary N) is 2. The Kier molecular flexibility index (Phi) is 5.16. The van der Waals surface area contributed by atoms with E-state index in [1.165, 1.54) is 12.1 Å². The molecule has 2 aromatic carbocycles. The lowest BCUT2D eigenvalue weighted by Gasteiger charge is -2.09. The Labute approximate surface area is 134 Å². The first kappa shape index (κ1) is 17.0. The van der Waals surface area contributed by atoms with E-state index >= 15 is 0 Å². The summed E-state index contributed by atoms with van der Waals surface area (Å²) in [4.78, 5) is 23.5. The Morgan fingerprint density at radius 3 is 2.46 bits per heavy atom. The molecule has 0 fully saturated rings. The monoisotopic (exact) mass is 333 g/mol. The number of carbonyl (C=O) groups excluding carboxylic acids is 2. The fraction of sp³-hybridized carbons (Fsp3) is 0.0625. The summed E-state index contributed by atoms with van der Waals surface area (Å²) in [7, 11) is 0. The number of hydrogen-bond acceptors (Lipinski definition) is 3. The highest BCUT2D eigenvalue weighted by atomic mass is 19.2. The van der Waals surface area contributed by atoms with Crippen molar-refractivity contribution in [3.63, 3.8) is 0 Å². The average Bonchev–Trinajstić information content (AvgIpc) is 2.58. The van der Waals surface area contributed by atoms with Crippen molar-refractivity contribution in [2.24, 2.45) is 0 Å². The molecule has 2 rings (SSSR count). The molecule has 0 saturated carbocycles. The maximum Gasteiger partial charge on any atom is 0.254 e. The second-order valence-corrected chi connectivity index (χ2v) is 4.61. The molecule has 0 saturated heterocycles. The van der Waals surface area contributed by atoms with E-state index in [0.717, 1.165) is 6.07 Å². The van der Waals surface area contributed by atoms with Gasteiger partial charge in [0, 0.05) is 0 Å². The lowest BCUT2D eigenvalue weighted by Crippen LogP contribution is -2.33. The molecule has 0 bridgehead atoms. The Bertz CT molecular complexity index is 847. The van der Waals surface area contributed by atoms with E-state index in [0.29, 0.717) is 6.07 Å². The number of hydrogen-bond donors (Lipinski definition) is 2. The molecule has 0 unspecified atom stereocenters. The molecule has 0 radical (unpaired) electrons. The highest BCUT2D eigenvalue weighted by Crippen LogP contribution is 2.15. The van der Waals surface area contributed by atoms with E-state index in [1.54, 1.807) is 12.1 Å². The fourth-order valence-corrected chi connectivity index (χ4v) is 1.84. The first-order valence-corrected chi connectivity index (χ1v) is 6.64. The van der Waals surface area contributed by atoms with Crippen LogP contribution in [0, 0.1) is 28.8 Å². The maximum atomic E-state index is 13.5. The van der Waals surface area contributed by atoms with Crippen molar-refractivity contribution in [3.05, 3.63) is 65.0 Å². The molecule has 0 spiro atoms. The molecular formula is C16H10F3N3O2. The lowest BCUT2D eigenvalue weighted by atomic mass is 10.2. The normalized spacial score (nSPS) is 9.92. The summed E-state index contributed by atoms with van der Waals surface area (Å²) in [6.07, 6.45) is 0. The van der Waals surface area contributed by atoms with Crippen LogP contribution in [-0.2, 0) is 4.79 Å². The van der Waals surface area contributed by atoms with Crippen molar-refractivity contribution in [3.8, 4) is 6.07 Å². The fourth-order valence-electron chi connectivity index (χ4n) is 1.84. The van der Waals surface area contributed by atoms with E-state index in [-0.39, 0.29) is 11.3 Å². The zero-order chi connectivity index (χ0) is 17.7. The topological polar surface area (TPSA) is 82.0 Å². The highest BCUT2D eigenvalue weighted by molar-refractivity contribution is 5.99. The molecule has 5 nitrogen and oxygen atoms in total. The Morgan fingerprint density at radius 2 is 1.75 bits per heavy atom. The number of nitriles is 1. The summed E-state index contributed by atoms with van der Waals surface area (Å²) in [5.74, 6) is -6.57.